The van der Waals surface area contributed by atoms with E-state index in [1.54, 1.807) is 0 Å². The number of ether oxygens (including phenoxy) is 1. The summed E-state index contributed by atoms with van der Waals surface area (Å²) < 4.78 is 42.8. The molecule has 0 atom stereocenters. The van der Waals surface area contributed by atoms with Crippen molar-refractivity contribution in [2.24, 2.45) is 0 Å². The Kier molecular flexibility index (Phi) is 5.64. The summed E-state index contributed by atoms with van der Waals surface area (Å²) in [5, 5.41) is 0.710. The Balaban J connectivity index is 2.07. The van der Waals surface area contributed by atoms with Crippen LogP contribution in [0.25, 0.3) is 16.7 Å². The van der Waals surface area contributed by atoms with E-state index in [0.29, 0.717) is 16.6 Å². The number of aromatic amines is 1. The minimum atomic E-state index is -4.43. The molecule has 1 aromatic carbocycles. The van der Waals surface area contributed by atoms with Crippen LogP contribution in [-0.2, 0) is 0 Å². The van der Waals surface area contributed by atoms with Gasteiger partial charge in [-0.1, -0.05) is 41.9 Å². The van der Waals surface area contributed by atoms with Gasteiger partial charge in [0.25, 0.3) is 5.56 Å². The summed E-state index contributed by atoms with van der Waals surface area (Å²) >= 11 is 13.4. The van der Waals surface area contributed by atoms with Gasteiger partial charge in [-0.3, -0.25) is 9.36 Å². The number of alkyl halides is 3. The molecule has 0 amide bonds. The van der Waals surface area contributed by atoms with Crippen LogP contribution in [0.1, 0.15) is 6.92 Å². The molecular formula is C16H12Cl2F3N3O2S. The van der Waals surface area contributed by atoms with Crippen LogP contribution in [0, 0.1) is 0 Å². The van der Waals surface area contributed by atoms with Crippen molar-refractivity contribution in [3.8, 4) is 11.4 Å². The monoisotopic (exact) mass is 437 g/mol. The molecule has 0 unspecified atom stereocenters. The third kappa shape index (κ3) is 4.20. The van der Waals surface area contributed by atoms with Gasteiger partial charge in [-0.05, 0) is 30.0 Å². The molecule has 2 heterocycles. The van der Waals surface area contributed by atoms with Crippen molar-refractivity contribution >= 4 is 46.0 Å². The first kappa shape index (κ1) is 19.9. The van der Waals surface area contributed by atoms with Crippen molar-refractivity contribution < 1.29 is 17.9 Å². The molecule has 3 aromatic rings. The fraction of sp³-hybridized carbons (Fsp3) is 0.250. The van der Waals surface area contributed by atoms with Crippen LogP contribution < -0.4 is 10.3 Å². The topological polar surface area (TPSA) is 59.9 Å². The standard InChI is InChI=1S/C16H12Cl2F3N3O2S/c1-2-27-15-23-13-10(11(17)12(18)22-13)14(25)24(15)8-3-5-9(6-4-8)26-7-16(19,20)21/h3-6,22H,2,7H2,1H3. The molecule has 0 aliphatic rings. The summed E-state index contributed by atoms with van der Waals surface area (Å²) in [7, 11) is 0. The number of halogens is 5. The predicted molar refractivity (Wildman–Crippen MR) is 99.7 cm³/mol. The van der Waals surface area contributed by atoms with E-state index in [1.807, 2.05) is 6.92 Å². The second kappa shape index (κ2) is 7.65. The maximum Gasteiger partial charge on any atom is 0.422 e. The highest BCUT2D eigenvalue weighted by atomic mass is 35.5. The lowest BCUT2D eigenvalue weighted by Crippen LogP contribution is -2.22. The number of aromatic nitrogens is 3. The second-order valence-corrected chi connectivity index (χ2v) is 7.33. The number of benzene rings is 1. The first-order chi connectivity index (χ1) is 12.7. The van der Waals surface area contributed by atoms with Crippen LogP contribution in [0.15, 0.2) is 34.2 Å². The van der Waals surface area contributed by atoms with Gasteiger partial charge in [0.1, 0.15) is 21.9 Å². The van der Waals surface area contributed by atoms with Crippen LogP contribution >= 0.6 is 35.0 Å². The van der Waals surface area contributed by atoms with Gasteiger partial charge < -0.3 is 9.72 Å². The molecule has 3 rings (SSSR count). The molecule has 0 saturated heterocycles. The van der Waals surface area contributed by atoms with Crippen LogP contribution in [-0.4, -0.2) is 33.1 Å². The van der Waals surface area contributed by atoms with Crippen molar-refractivity contribution in [1.82, 2.24) is 14.5 Å². The molecule has 2 aromatic heterocycles. The van der Waals surface area contributed by atoms with Crippen LogP contribution in [0.5, 0.6) is 5.75 Å². The lowest BCUT2D eigenvalue weighted by atomic mass is 10.3. The van der Waals surface area contributed by atoms with Crippen molar-refractivity contribution in [3.63, 3.8) is 0 Å². The number of H-pyrrole nitrogens is 1. The Morgan fingerprint density at radius 1 is 1.26 bits per heavy atom. The van der Waals surface area contributed by atoms with Gasteiger partial charge in [-0.2, -0.15) is 13.2 Å². The lowest BCUT2D eigenvalue weighted by Gasteiger charge is -2.13. The Hall–Kier alpha value is -1.84. The molecule has 0 fully saturated rings. The molecule has 144 valence electrons. The van der Waals surface area contributed by atoms with Crippen molar-refractivity contribution in [3.05, 3.63) is 44.8 Å². The molecule has 0 spiro atoms. The highest BCUT2D eigenvalue weighted by Crippen LogP contribution is 2.30. The molecule has 0 radical (unpaired) electrons. The number of thioether (sulfide) groups is 1. The number of nitrogens with one attached hydrogen (secondary N) is 1. The summed E-state index contributed by atoms with van der Waals surface area (Å²) in [6.07, 6.45) is -4.43. The minimum absolute atomic E-state index is 0.0329. The first-order valence-electron chi connectivity index (χ1n) is 7.63. The fourth-order valence-corrected chi connectivity index (χ4v) is 3.50. The number of hydrogen-bond donors (Lipinski definition) is 1. The molecule has 11 heteroatoms. The molecule has 1 N–H and O–H groups in total. The smallest absolute Gasteiger partial charge is 0.422 e. The van der Waals surface area contributed by atoms with E-state index in [0.717, 1.165) is 0 Å². The van der Waals surface area contributed by atoms with Gasteiger partial charge in [0.15, 0.2) is 11.8 Å². The van der Waals surface area contributed by atoms with E-state index in [4.69, 9.17) is 23.2 Å². The summed E-state index contributed by atoms with van der Waals surface area (Å²) in [5.41, 5.74) is 0.249. The maximum atomic E-state index is 13.0. The van der Waals surface area contributed by atoms with Gasteiger partial charge in [-0.15, -0.1) is 0 Å². The normalized spacial score (nSPS) is 11.9. The van der Waals surface area contributed by atoms with Crippen molar-refractivity contribution in [1.29, 1.82) is 0 Å². The minimum Gasteiger partial charge on any atom is -0.484 e. The van der Waals surface area contributed by atoms with Crippen LogP contribution in [0.3, 0.4) is 0 Å². The van der Waals surface area contributed by atoms with Crippen LogP contribution in [0.2, 0.25) is 10.2 Å². The first-order valence-corrected chi connectivity index (χ1v) is 9.38. The zero-order valence-corrected chi connectivity index (χ0v) is 16.1. The molecule has 27 heavy (non-hydrogen) atoms. The molecule has 0 bridgehead atoms. The van der Waals surface area contributed by atoms with E-state index in [2.05, 4.69) is 14.7 Å². The quantitative estimate of drug-likeness (QED) is 0.446. The fourth-order valence-electron chi connectivity index (χ4n) is 2.37. The third-order valence-electron chi connectivity index (χ3n) is 3.46. The highest BCUT2D eigenvalue weighted by molar-refractivity contribution is 7.99. The van der Waals surface area contributed by atoms with Gasteiger partial charge in [0.2, 0.25) is 0 Å². The zero-order chi connectivity index (χ0) is 19.8. The molecule has 5 nitrogen and oxygen atoms in total. The van der Waals surface area contributed by atoms with Crippen molar-refractivity contribution in [2.45, 2.75) is 18.3 Å². The van der Waals surface area contributed by atoms with E-state index >= 15 is 0 Å². The Labute approximate surface area is 165 Å². The largest absolute Gasteiger partial charge is 0.484 e. The molecule has 0 aliphatic heterocycles. The summed E-state index contributed by atoms with van der Waals surface area (Å²) in [6, 6.07) is 5.65. The van der Waals surface area contributed by atoms with E-state index in [1.165, 1.54) is 40.6 Å². The van der Waals surface area contributed by atoms with Gasteiger partial charge in [-0.25, -0.2) is 4.98 Å². The average Bonchev–Trinajstić information content (AvgIpc) is 2.88. The third-order valence-corrected chi connectivity index (χ3v) is 5.04. The average molecular weight is 438 g/mol. The summed E-state index contributed by atoms with van der Waals surface area (Å²) in [4.78, 5) is 20.1. The lowest BCUT2D eigenvalue weighted by molar-refractivity contribution is -0.153. The molecule has 0 aliphatic carbocycles. The Bertz CT molecular complexity index is 1030. The van der Waals surface area contributed by atoms with Crippen LogP contribution in [0.4, 0.5) is 13.2 Å². The molecular weight excluding hydrogens is 426 g/mol. The SMILES string of the molecule is CCSc1nc2[nH]c(Cl)c(Cl)c2c(=O)n1-c1ccc(OCC(F)(F)F)cc1. The number of rotatable bonds is 5. The van der Waals surface area contributed by atoms with Crippen molar-refractivity contribution in [2.75, 3.05) is 12.4 Å². The summed E-state index contributed by atoms with van der Waals surface area (Å²) in [6.45, 7) is 0.502. The molecule has 0 saturated carbocycles. The predicted octanol–water partition coefficient (Wildman–Crippen LogP) is 5.07. The van der Waals surface area contributed by atoms with E-state index in [9.17, 15) is 18.0 Å². The Morgan fingerprint density at radius 3 is 2.52 bits per heavy atom. The number of fused-ring (bicyclic) bond motifs is 1. The summed E-state index contributed by atoms with van der Waals surface area (Å²) in [5.74, 6) is 0.679. The van der Waals surface area contributed by atoms with Gasteiger partial charge in [0.05, 0.1) is 10.7 Å². The Morgan fingerprint density at radius 2 is 1.93 bits per heavy atom. The van der Waals surface area contributed by atoms with Gasteiger partial charge in [0, 0.05) is 0 Å². The van der Waals surface area contributed by atoms with E-state index in [-0.39, 0.29) is 27.0 Å². The highest BCUT2D eigenvalue weighted by Gasteiger charge is 2.28. The van der Waals surface area contributed by atoms with E-state index < -0.39 is 18.3 Å². The van der Waals surface area contributed by atoms with Gasteiger partial charge >= 0.3 is 6.18 Å². The zero-order valence-electron chi connectivity index (χ0n) is 13.7. The number of nitrogens with zero attached hydrogens (tertiary/aromatic N) is 2. The maximum absolute atomic E-state index is 13.0. The second-order valence-electron chi connectivity index (χ2n) is 5.34. The number of hydrogen-bond acceptors (Lipinski definition) is 4.